The number of fused-ring (bicyclic) bond motifs is 4. The summed E-state index contributed by atoms with van der Waals surface area (Å²) in [7, 11) is -3.52. The van der Waals surface area contributed by atoms with Crippen molar-refractivity contribution < 1.29 is 8.42 Å². The lowest BCUT2D eigenvalue weighted by Gasteiger charge is -2.42. The second-order valence-corrected chi connectivity index (χ2v) is 13.2. The summed E-state index contributed by atoms with van der Waals surface area (Å²) in [4.78, 5) is 4.65. The topological polar surface area (TPSA) is 37.4 Å². The van der Waals surface area contributed by atoms with Crippen molar-refractivity contribution in [2.75, 3.05) is 4.90 Å². The van der Waals surface area contributed by atoms with Crippen LogP contribution in [0.5, 0.6) is 0 Å². The van der Waals surface area contributed by atoms with Crippen LogP contribution in [0.1, 0.15) is 25.0 Å². The van der Waals surface area contributed by atoms with Crippen LogP contribution < -0.4 is 4.90 Å². The molecule has 3 nitrogen and oxygen atoms in total. The van der Waals surface area contributed by atoms with Crippen molar-refractivity contribution in [2.45, 2.75) is 38.8 Å². The van der Waals surface area contributed by atoms with Crippen LogP contribution in [0.15, 0.2) is 135 Å². The van der Waals surface area contributed by atoms with E-state index in [0.29, 0.717) is 9.79 Å². The predicted octanol–water partition coefficient (Wildman–Crippen LogP) is 8.76. The Bertz CT molecular complexity index is 1790. The number of sulfone groups is 1. The molecule has 0 N–H and O–H groups in total. The zero-order chi connectivity index (χ0) is 26.1. The Labute approximate surface area is 227 Å². The Balaban J connectivity index is 1.29. The molecular weight excluding hydrogens is 507 g/mol. The van der Waals surface area contributed by atoms with Gasteiger partial charge in [-0.3, -0.25) is 0 Å². The van der Waals surface area contributed by atoms with Gasteiger partial charge in [0.1, 0.15) is 0 Å². The van der Waals surface area contributed by atoms with E-state index in [1.807, 2.05) is 24.3 Å². The van der Waals surface area contributed by atoms with Gasteiger partial charge < -0.3 is 4.90 Å². The third-order valence-corrected chi connectivity index (χ3v) is 10.9. The van der Waals surface area contributed by atoms with Crippen molar-refractivity contribution >= 4 is 38.7 Å². The molecule has 2 aliphatic rings. The largest absolute Gasteiger partial charge is 0.310 e. The van der Waals surface area contributed by atoms with Gasteiger partial charge in [0.25, 0.3) is 0 Å². The summed E-state index contributed by atoms with van der Waals surface area (Å²) in [5.74, 6) is 0. The van der Waals surface area contributed by atoms with Crippen LogP contribution >= 0.6 is 11.8 Å². The molecule has 5 aromatic carbocycles. The summed E-state index contributed by atoms with van der Waals surface area (Å²) in [6.07, 6.45) is 0. The van der Waals surface area contributed by atoms with Crippen LogP contribution in [0.2, 0.25) is 0 Å². The highest BCUT2D eigenvalue weighted by molar-refractivity contribution is 8.02. The van der Waals surface area contributed by atoms with Crippen molar-refractivity contribution in [1.29, 1.82) is 0 Å². The first kappa shape index (κ1) is 23.3. The Hall–Kier alpha value is -3.80. The van der Waals surface area contributed by atoms with Gasteiger partial charge in [-0.05, 0) is 70.8 Å². The van der Waals surface area contributed by atoms with E-state index in [4.69, 9.17) is 0 Å². The second kappa shape index (κ2) is 8.35. The first-order valence-corrected chi connectivity index (χ1v) is 14.9. The highest BCUT2D eigenvalue weighted by atomic mass is 32.2. The van der Waals surface area contributed by atoms with Gasteiger partial charge in [-0.15, -0.1) is 0 Å². The summed E-state index contributed by atoms with van der Waals surface area (Å²) in [6.45, 7) is 4.58. The highest BCUT2D eigenvalue weighted by Gasteiger charge is 2.36. The highest BCUT2D eigenvalue weighted by Crippen LogP contribution is 2.52. The lowest BCUT2D eigenvalue weighted by atomic mass is 9.73. The van der Waals surface area contributed by atoms with Gasteiger partial charge in [0.05, 0.1) is 21.2 Å². The van der Waals surface area contributed by atoms with Crippen molar-refractivity contribution in [3.8, 4) is 11.1 Å². The van der Waals surface area contributed by atoms with Crippen LogP contribution in [-0.2, 0) is 15.3 Å². The number of anilines is 3. The number of hydrogen-bond acceptors (Lipinski definition) is 4. The first-order chi connectivity index (χ1) is 18.4. The standard InChI is InChI=1S/C33H25NO2S2/c1-33(2)25-9-3-5-11-27(25)34(28-12-6-4-10-26(28)33)24-18-15-22(16-19-24)23-17-20-32-30(21-23)37-29-13-7-8-14-31(29)38(32,35)36/h3-21H,1-2H3. The van der Waals surface area contributed by atoms with E-state index in [9.17, 15) is 8.42 Å². The fourth-order valence-corrected chi connectivity index (χ4v) is 8.95. The molecule has 0 aliphatic carbocycles. The molecular formula is C33H25NO2S2. The van der Waals surface area contributed by atoms with Gasteiger partial charge in [0.15, 0.2) is 0 Å². The van der Waals surface area contributed by atoms with E-state index < -0.39 is 9.84 Å². The second-order valence-electron chi connectivity index (χ2n) is 10.3. The average molecular weight is 532 g/mol. The molecule has 0 fully saturated rings. The molecule has 0 spiro atoms. The molecule has 2 aliphatic heterocycles. The molecule has 186 valence electrons. The molecule has 0 unspecified atom stereocenters. The van der Waals surface area contributed by atoms with Gasteiger partial charge in [0, 0.05) is 20.9 Å². The third kappa shape index (κ3) is 3.39. The molecule has 0 atom stereocenters. The zero-order valence-corrected chi connectivity index (χ0v) is 22.7. The van der Waals surface area contributed by atoms with Crippen LogP contribution in [0.25, 0.3) is 11.1 Å². The molecule has 5 aromatic rings. The minimum Gasteiger partial charge on any atom is -0.310 e. The van der Waals surface area contributed by atoms with Crippen LogP contribution in [0.3, 0.4) is 0 Å². The van der Waals surface area contributed by atoms with E-state index >= 15 is 0 Å². The van der Waals surface area contributed by atoms with Crippen molar-refractivity contribution in [3.05, 3.63) is 126 Å². The van der Waals surface area contributed by atoms with E-state index in [1.165, 1.54) is 34.3 Å². The first-order valence-electron chi connectivity index (χ1n) is 12.6. The van der Waals surface area contributed by atoms with Gasteiger partial charge in [0.2, 0.25) is 9.84 Å². The lowest BCUT2D eigenvalue weighted by molar-refractivity contribution is 0.591. The number of benzene rings is 5. The van der Waals surface area contributed by atoms with Gasteiger partial charge >= 0.3 is 0 Å². The van der Waals surface area contributed by atoms with Gasteiger partial charge in [-0.2, -0.15) is 0 Å². The summed E-state index contributed by atoms with van der Waals surface area (Å²) in [5.41, 5.74) is 8.03. The molecule has 0 radical (unpaired) electrons. The number of nitrogens with zero attached hydrogens (tertiary/aromatic N) is 1. The minimum absolute atomic E-state index is 0.0939. The quantitative estimate of drug-likeness (QED) is 0.224. The number of hydrogen-bond donors (Lipinski definition) is 0. The summed E-state index contributed by atoms with van der Waals surface area (Å²) >= 11 is 1.52. The lowest BCUT2D eigenvalue weighted by Crippen LogP contribution is -2.30. The van der Waals surface area contributed by atoms with E-state index in [1.54, 1.807) is 18.2 Å². The minimum atomic E-state index is -3.52. The Kier molecular flexibility index (Phi) is 5.13. The molecule has 38 heavy (non-hydrogen) atoms. The maximum Gasteiger partial charge on any atom is 0.208 e. The Morgan fingerprint density at radius 2 is 1.16 bits per heavy atom. The average Bonchev–Trinajstić information content (AvgIpc) is 2.93. The molecule has 7 rings (SSSR count). The molecule has 5 heteroatoms. The maximum atomic E-state index is 13.2. The normalized spacial score (nSPS) is 16.1. The Morgan fingerprint density at radius 3 is 1.84 bits per heavy atom. The number of para-hydroxylation sites is 2. The summed E-state index contributed by atoms with van der Waals surface area (Å²) in [6, 6.07) is 38.7. The molecule has 0 bridgehead atoms. The van der Waals surface area contributed by atoms with Crippen molar-refractivity contribution in [3.63, 3.8) is 0 Å². The monoisotopic (exact) mass is 531 g/mol. The predicted molar refractivity (Wildman–Crippen MR) is 155 cm³/mol. The Morgan fingerprint density at radius 1 is 0.605 bits per heavy atom. The SMILES string of the molecule is CC1(C)c2ccccc2N(c2ccc(-c3ccc4c(c3)Sc3ccccc3S4(=O)=O)cc2)c2ccccc21. The fourth-order valence-electron chi connectivity index (χ4n) is 5.73. The van der Waals surface area contributed by atoms with E-state index in [2.05, 4.69) is 91.5 Å². The van der Waals surface area contributed by atoms with Crippen LogP contribution in [0, 0.1) is 0 Å². The van der Waals surface area contributed by atoms with Gasteiger partial charge in [-0.25, -0.2) is 8.42 Å². The fraction of sp³-hybridized carbons (Fsp3) is 0.0909. The maximum absolute atomic E-state index is 13.2. The molecule has 0 saturated heterocycles. The smallest absolute Gasteiger partial charge is 0.208 e. The van der Waals surface area contributed by atoms with E-state index in [0.717, 1.165) is 26.6 Å². The molecule has 0 saturated carbocycles. The van der Waals surface area contributed by atoms with Gasteiger partial charge in [-0.1, -0.05) is 92.3 Å². The zero-order valence-electron chi connectivity index (χ0n) is 21.0. The summed E-state index contributed by atoms with van der Waals surface area (Å²) in [5, 5.41) is 0. The third-order valence-electron chi connectivity index (χ3n) is 7.69. The molecule has 0 aromatic heterocycles. The van der Waals surface area contributed by atoms with Crippen molar-refractivity contribution in [1.82, 2.24) is 0 Å². The molecule has 0 amide bonds. The van der Waals surface area contributed by atoms with Crippen LogP contribution in [-0.4, -0.2) is 8.42 Å². The van der Waals surface area contributed by atoms with E-state index in [-0.39, 0.29) is 5.41 Å². The van der Waals surface area contributed by atoms with Crippen molar-refractivity contribution in [2.24, 2.45) is 0 Å². The molecule has 2 heterocycles. The van der Waals surface area contributed by atoms with Crippen LogP contribution in [0.4, 0.5) is 17.1 Å². The summed E-state index contributed by atoms with van der Waals surface area (Å²) < 4.78 is 26.4. The number of rotatable bonds is 2.